The lowest BCUT2D eigenvalue weighted by Gasteiger charge is -2.07. The third kappa shape index (κ3) is 9.32. The number of nitrogens with zero attached hydrogens (tertiary/aromatic N) is 1. The second-order valence-corrected chi connectivity index (χ2v) is 6.83. The number of hydrogen-bond donors (Lipinski definition) is 3. The molecule has 2 aromatic rings. The summed E-state index contributed by atoms with van der Waals surface area (Å²) in [6, 6.07) is 14.0. The van der Waals surface area contributed by atoms with E-state index in [0.717, 1.165) is 31.2 Å². The van der Waals surface area contributed by atoms with Gasteiger partial charge in [-0.05, 0) is 66.9 Å². The summed E-state index contributed by atoms with van der Waals surface area (Å²) in [7, 11) is 0. The first-order chi connectivity index (χ1) is 15.6. The predicted octanol–water partition coefficient (Wildman–Crippen LogP) is 3.30. The molecule has 0 spiro atoms. The Bertz CT molecular complexity index is 918. The van der Waals surface area contributed by atoms with Crippen LogP contribution in [0.4, 0.5) is 0 Å². The fourth-order valence-corrected chi connectivity index (χ4v) is 2.69. The van der Waals surface area contributed by atoms with Crippen molar-refractivity contribution in [1.29, 1.82) is 0 Å². The van der Waals surface area contributed by atoms with Crippen molar-refractivity contribution in [3.63, 3.8) is 0 Å². The molecule has 0 unspecified atom stereocenters. The van der Waals surface area contributed by atoms with E-state index in [1.165, 1.54) is 6.21 Å². The van der Waals surface area contributed by atoms with Gasteiger partial charge in [0.25, 0.3) is 5.91 Å². The van der Waals surface area contributed by atoms with Gasteiger partial charge in [-0.2, -0.15) is 5.10 Å². The summed E-state index contributed by atoms with van der Waals surface area (Å²) in [5.74, 6) is 3.05. The molecule has 2 aromatic carbocycles. The van der Waals surface area contributed by atoms with Crippen LogP contribution in [0.2, 0.25) is 0 Å². The normalized spacial score (nSPS) is 10.4. The first kappa shape index (κ1) is 24.4. The monoisotopic (exact) mass is 437 g/mol. The molecule has 32 heavy (non-hydrogen) atoms. The molecule has 0 fully saturated rings. The molecular weight excluding hydrogens is 410 g/mol. The van der Waals surface area contributed by atoms with Crippen molar-refractivity contribution in [2.45, 2.75) is 32.1 Å². The number of hydroxylamine groups is 1. The Morgan fingerprint density at radius 1 is 0.969 bits per heavy atom. The largest absolute Gasteiger partial charge is 0.494 e. The van der Waals surface area contributed by atoms with Crippen molar-refractivity contribution in [2.75, 3.05) is 13.2 Å². The van der Waals surface area contributed by atoms with Crippen molar-refractivity contribution in [3.05, 3.63) is 59.7 Å². The molecule has 0 saturated carbocycles. The van der Waals surface area contributed by atoms with Crippen LogP contribution in [-0.4, -0.2) is 36.4 Å². The van der Waals surface area contributed by atoms with Gasteiger partial charge < -0.3 is 9.47 Å². The number of nitrogens with one attached hydrogen (secondary N) is 2. The van der Waals surface area contributed by atoms with Crippen LogP contribution in [0.5, 0.6) is 11.5 Å². The second kappa shape index (κ2) is 14.2. The molecule has 0 atom stereocenters. The number of unbranched alkanes of at least 4 members (excludes halogenated alkanes) is 3. The fourth-order valence-electron chi connectivity index (χ4n) is 2.69. The lowest BCUT2D eigenvalue weighted by Crippen LogP contribution is -2.17. The van der Waals surface area contributed by atoms with E-state index in [9.17, 15) is 9.59 Å². The Morgan fingerprint density at radius 2 is 1.62 bits per heavy atom. The van der Waals surface area contributed by atoms with Crippen LogP contribution in [0.1, 0.15) is 48.0 Å². The number of amides is 2. The third-order valence-electron chi connectivity index (χ3n) is 4.39. The van der Waals surface area contributed by atoms with Gasteiger partial charge >= 0.3 is 0 Å². The van der Waals surface area contributed by atoms with Gasteiger partial charge in [0.15, 0.2) is 0 Å². The van der Waals surface area contributed by atoms with Gasteiger partial charge in [-0.25, -0.2) is 10.9 Å². The lowest BCUT2D eigenvalue weighted by molar-refractivity contribution is -0.129. The molecule has 0 bridgehead atoms. The summed E-state index contributed by atoms with van der Waals surface area (Å²) >= 11 is 0. The molecule has 0 aliphatic carbocycles. The summed E-state index contributed by atoms with van der Waals surface area (Å²) in [4.78, 5) is 23.1. The van der Waals surface area contributed by atoms with E-state index in [4.69, 9.17) is 21.1 Å². The Labute approximate surface area is 187 Å². The maximum atomic E-state index is 12.2. The van der Waals surface area contributed by atoms with Crippen molar-refractivity contribution < 1.29 is 24.3 Å². The number of hydrogen-bond acceptors (Lipinski definition) is 6. The third-order valence-corrected chi connectivity index (χ3v) is 4.39. The quantitative estimate of drug-likeness (QED) is 0.146. The van der Waals surface area contributed by atoms with Crippen LogP contribution in [-0.2, 0) is 4.79 Å². The number of hydrazone groups is 1. The molecule has 168 valence electrons. The average molecular weight is 437 g/mol. The number of carbonyl (C=O) groups excluding carboxylic acids is 2. The van der Waals surface area contributed by atoms with Gasteiger partial charge in [-0.1, -0.05) is 18.8 Å². The highest BCUT2D eigenvalue weighted by Gasteiger charge is 2.04. The van der Waals surface area contributed by atoms with E-state index in [0.29, 0.717) is 30.1 Å². The van der Waals surface area contributed by atoms with Crippen LogP contribution in [0.15, 0.2) is 53.6 Å². The molecule has 0 saturated heterocycles. The summed E-state index contributed by atoms with van der Waals surface area (Å²) in [5.41, 5.74) is 5.38. The molecular formula is C24H27N3O5. The number of carbonyl (C=O) groups is 2. The highest BCUT2D eigenvalue weighted by atomic mass is 16.5. The van der Waals surface area contributed by atoms with E-state index in [2.05, 4.69) is 16.4 Å². The Hall–Kier alpha value is -3.83. The lowest BCUT2D eigenvalue weighted by atomic mass is 10.1. The van der Waals surface area contributed by atoms with Crippen molar-refractivity contribution >= 4 is 18.0 Å². The fraction of sp³-hybridized carbons (Fsp3) is 0.292. The molecule has 0 aromatic heterocycles. The molecule has 8 nitrogen and oxygen atoms in total. The zero-order chi connectivity index (χ0) is 23.0. The first-order valence-electron chi connectivity index (χ1n) is 10.3. The number of ether oxygens (including phenoxy) is 2. The van der Waals surface area contributed by atoms with Gasteiger partial charge in [-0.15, -0.1) is 6.42 Å². The smallest absolute Gasteiger partial charge is 0.271 e. The van der Waals surface area contributed by atoms with Crippen LogP contribution in [0.25, 0.3) is 0 Å². The standard InChI is InChI=1S/C24H27N3O5/c1-2-16-31-21-12-8-19(9-13-21)18-25-26-24(29)20-10-14-22(15-11-20)32-17-6-4-3-5-7-23(28)27-30/h1,8-15,18,30H,3-7,16-17H2,(H,26,29)(H,27,28)/b25-18+. The van der Waals surface area contributed by atoms with E-state index < -0.39 is 0 Å². The molecule has 0 aliphatic rings. The molecule has 0 aliphatic heterocycles. The predicted molar refractivity (Wildman–Crippen MR) is 121 cm³/mol. The molecule has 2 rings (SSSR count). The Kier molecular flexibility index (Phi) is 10.9. The minimum absolute atomic E-state index is 0.209. The van der Waals surface area contributed by atoms with Crippen molar-refractivity contribution in [1.82, 2.24) is 10.9 Å². The van der Waals surface area contributed by atoms with Gasteiger partial charge in [-0.3, -0.25) is 14.8 Å². The second-order valence-electron chi connectivity index (χ2n) is 6.83. The molecule has 8 heteroatoms. The average Bonchev–Trinajstić information content (AvgIpc) is 2.83. The van der Waals surface area contributed by atoms with E-state index >= 15 is 0 Å². The molecule has 0 heterocycles. The number of terminal acetylenes is 1. The van der Waals surface area contributed by atoms with Crippen molar-refractivity contribution in [3.8, 4) is 23.8 Å². The maximum absolute atomic E-state index is 12.2. The molecule has 3 N–H and O–H groups in total. The van der Waals surface area contributed by atoms with E-state index in [-0.39, 0.29) is 18.4 Å². The Morgan fingerprint density at radius 3 is 2.31 bits per heavy atom. The van der Waals surface area contributed by atoms with E-state index in [1.807, 2.05) is 0 Å². The van der Waals surface area contributed by atoms with Crippen LogP contribution in [0.3, 0.4) is 0 Å². The van der Waals surface area contributed by atoms with Gasteiger partial charge in [0.2, 0.25) is 5.91 Å². The highest BCUT2D eigenvalue weighted by molar-refractivity contribution is 5.95. The van der Waals surface area contributed by atoms with Crippen LogP contribution >= 0.6 is 0 Å². The summed E-state index contributed by atoms with van der Waals surface area (Å²) < 4.78 is 11.0. The minimum atomic E-state index is -0.364. The van der Waals surface area contributed by atoms with Gasteiger partial charge in [0.1, 0.15) is 18.1 Å². The van der Waals surface area contributed by atoms with E-state index in [1.54, 1.807) is 54.0 Å². The number of rotatable bonds is 13. The summed E-state index contributed by atoms with van der Waals surface area (Å²) in [6.07, 6.45) is 10.4. The SMILES string of the molecule is C#CCOc1ccc(/C=N/NC(=O)c2ccc(OCCCCCCC(=O)NO)cc2)cc1. The van der Waals surface area contributed by atoms with Crippen molar-refractivity contribution in [2.24, 2.45) is 5.10 Å². The highest BCUT2D eigenvalue weighted by Crippen LogP contribution is 2.14. The number of benzene rings is 2. The van der Waals surface area contributed by atoms with Crippen LogP contribution in [0, 0.1) is 12.3 Å². The first-order valence-corrected chi connectivity index (χ1v) is 10.3. The Balaban J connectivity index is 1.67. The molecule has 2 amide bonds. The minimum Gasteiger partial charge on any atom is -0.494 e. The summed E-state index contributed by atoms with van der Waals surface area (Å²) in [6.45, 7) is 0.759. The zero-order valence-electron chi connectivity index (χ0n) is 17.8. The van der Waals surface area contributed by atoms with Gasteiger partial charge in [0.05, 0.1) is 12.8 Å². The molecule has 0 radical (unpaired) electrons. The summed E-state index contributed by atoms with van der Waals surface area (Å²) in [5, 5.41) is 12.4. The maximum Gasteiger partial charge on any atom is 0.271 e. The van der Waals surface area contributed by atoms with Crippen LogP contribution < -0.4 is 20.4 Å². The van der Waals surface area contributed by atoms with Gasteiger partial charge in [0, 0.05) is 12.0 Å². The zero-order valence-corrected chi connectivity index (χ0v) is 17.8. The topological polar surface area (TPSA) is 109 Å².